The fourth-order valence-electron chi connectivity index (χ4n) is 1.88. The maximum atomic E-state index is 4.11. The summed E-state index contributed by atoms with van der Waals surface area (Å²) < 4.78 is 2.09. The molecule has 0 radical (unpaired) electrons. The number of nitrogens with zero attached hydrogens (tertiary/aromatic N) is 3. The molecule has 1 N–H and O–H groups in total. The van der Waals surface area contributed by atoms with E-state index in [0.29, 0.717) is 0 Å². The highest BCUT2D eigenvalue weighted by Gasteiger charge is 2.03. The van der Waals surface area contributed by atoms with Gasteiger partial charge in [0.2, 0.25) is 0 Å². The number of hydrogen-bond acceptors (Lipinski definition) is 3. The summed E-state index contributed by atoms with van der Waals surface area (Å²) in [6.45, 7) is 9.70. The molecule has 1 atom stereocenters. The largest absolute Gasteiger partial charge is 0.318 e. The summed E-state index contributed by atoms with van der Waals surface area (Å²) in [4.78, 5) is 0. The highest BCUT2D eigenvalue weighted by atomic mass is 15.3. The van der Waals surface area contributed by atoms with Crippen LogP contribution in [0.25, 0.3) is 0 Å². The monoisotopic (exact) mass is 224 g/mol. The van der Waals surface area contributed by atoms with E-state index >= 15 is 0 Å². The lowest BCUT2D eigenvalue weighted by Gasteiger charge is -2.11. The Kier molecular flexibility index (Phi) is 6.08. The first kappa shape index (κ1) is 13.2. The minimum absolute atomic E-state index is 0.772. The van der Waals surface area contributed by atoms with Crippen LogP contribution in [0.1, 0.15) is 39.4 Å². The van der Waals surface area contributed by atoms with Crippen molar-refractivity contribution in [2.75, 3.05) is 13.1 Å². The first-order chi connectivity index (χ1) is 7.77. The summed E-state index contributed by atoms with van der Waals surface area (Å²) in [6.07, 6.45) is 5.34. The zero-order valence-corrected chi connectivity index (χ0v) is 10.7. The lowest BCUT2D eigenvalue weighted by Crippen LogP contribution is -2.24. The number of hydrogen-bond donors (Lipinski definition) is 1. The zero-order chi connectivity index (χ0) is 11.8. The Morgan fingerprint density at radius 3 is 2.94 bits per heavy atom. The molecule has 4 nitrogen and oxygen atoms in total. The van der Waals surface area contributed by atoms with E-state index in [1.165, 1.54) is 12.8 Å². The third-order valence-corrected chi connectivity index (χ3v) is 2.84. The minimum Gasteiger partial charge on any atom is -0.318 e. The van der Waals surface area contributed by atoms with Gasteiger partial charge in [-0.05, 0) is 25.8 Å². The van der Waals surface area contributed by atoms with Crippen LogP contribution in [0.4, 0.5) is 0 Å². The topological polar surface area (TPSA) is 42.7 Å². The molecule has 0 spiro atoms. The lowest BCUT2D eigenvalue weighted by molar-refractivity contribution is 0.474. The molecule has 0 aromatic carbocycles. The molecule has 1 unspecified atom stereocenters. The molecule has 92 valence electrons. The SMILES string of the molecule is CCCC(C)CNCCc1nncn1CC. The highest BCUT2D eigenvalue weighted by molar-refractivity contribution is 4.86. The van der Waals surface area contributed by atoms with Gasteiger partial charge in [-0.25, -0.2) is 0 Å². The number of rotatable bonds is 8. The average Bonchev–Trinajstić information content (AvgIpc) is 2.72. The Balaban J connectivity index is 2.16. The van der Waals surface area contributed by atoms with Gasteiger partial charge in [-0.3, -0.25) is 0 Å². The quantitative estimate of drug-likeness (QED) is 0.685. The van der Waals surface area contributed by atoms with Crippen LogP contribution in [0.3, 0.4) is 0 Å². The van der Waals surface area contributed by atoms with E-state index in [0.717, 1.165) is 37.8 Å². The van der Waals surface area contributed by atoms with Crippen molar-refractivity contribution >= 4 is 0 Å². The minimum atomic E-state index is 0.772. The molecule has 0 fully saturated rings. The van der Waals surface area contributed by atoms with Gasteiger partial charge in [-0.1, -0.05) is 20.3 Å². The van der Waals surface area contributed by atoms with Gasteiger partial charge in [0.15, 0.2) is 0 Å². The maximum Gasteiger partial charge on any atom is 0.134 e. The summed E-state index contributed by atoms with van der Waals surface area (Å²) >= 11 is 0. The highest BCUT2D eigenvalue weighted by Crippen LogP contribution is 2.02. The Labute approximate surface area is 98.5 Å². The third-order valence-electron chi connectivity index (χ3n) is 2.84. The van der Waals surface area contributed by atoms with E-state index in [1.807, 2.05) is 0 Å². The molecule has 0 aliphatic rings. The number of nitrogens with one attached hydrogen (secondary N) is 1. The normalized spacial score (nSPS) is 12.9. The number of aromatic nitrogens is 3. The second-order valence-electron chi connectivity index (χ2n) is 4.38. The van der Waals surface area contributed by atoms with Crippen LogP contribution in [0, 0.1) is 5.92 Å². The molecule has 1 aromatic heterocycles. The molecule has 1 rings (SSSR count). The van der Waals surface area contributed by atoms with Crippen LogP contribution in [-0.2, 0) is 13.0 Å². The second kappa shape index (κ2) is 7.39. The molecule has 0 saturated carbocycles. The van der Waals surface area contributed by atoms with Gasteiger partial charge in [0.1, 0.15) is 12.2 Å². The summed E-state index contributed by atoms with van der Waals surface area (Å²) in [7, 11) is 0. The van der Waals surface area contributed by atoms with E-state index in [9.17, 15) is 0 Å². The van der Waals surface area contributed by atoms with Gasteiger partial charge >= 0.3 is 0 Å². The van der Waals surface area contributed by atoms with Crippen LogP contribution in [0.15, 0.2) is 6.33 Å². The molecular weight excluding hydrogens is 200 g/mol. The predicted molar refractivity (Wildman–Crippen MR) is 66.3 cm³/mol. The van der Waals surface area contributed by atoms with Gasteiger partial charge in [0.25, 0.3) is 0 Å². The zero-order valence-electron chi connectivity index (χ0n) is 10.7. The van der Waals surface area contributed by atoms with E-state index in [4.69, 9.17) is 0 Å². The Hall–Kier alpha value is -0.900. The first-order valence-electron chi connectivity index (χ1n) is 6.35. The molecule has 4 heteroatoms. The third kappa shape index (κ3) is 4.31. The molecule has 0 aliphatic carbocycles. The van der Waals surface area contributed by atoms with E-state index in [1.54, 1.807) is 6.33 Å². The van der Waals surface area contributed by atoms with Crippen molar-refractivity contribution in [1.82, 2.24) is 20.1 Å². The number of aryl methyl sites for hydroxylation is 1. The Bertz CT molecular complexity index is 282. The fourth-order valence-corrected chi connectivity index (χ4v) is 1.88. The van der Waals surface area contributed by atoms with Crippen molar-refractivity contribution in [2.24, 2.45) is 5.92 Å². The predicted octanol–water partition coefficient (Wildman–Crippen LogP) is 1.87. The van der Waals surface area contributed by atoms with Crippen LogP contribution >= 0.6 is 0 Å². The molecule has 0 amide bonds. The summed E-state index contributed by atoms with van der Waals surface area (Å²) in [5.41, 5.74) is 0. The molecule has 1 aromatic rings. The van der Waals surface area contributed by atoms with Crippen molar-refractivity contribution in [1.29, 1.82) is 0 Å². The van der Waals surface area contributed by atoms with Crippen LogP contribution in [0.2, 0.25) is 0 Å². The van der Waals surface area contributed by atoms with Crippen molar-refractivity contribution in [3.8, 4) is 0 Å². The van der Waals surface area contributed by atoms with Gasteiger partial charge in [0.05, 0.1) is 0 Å². The second-order valence-corrected chi connectivity index (χ2v) is 4.38. The van der Waals surface area contributed by atoms with Gasteiger partial charge in [0, 0.05) is 19.5 Å². The fraction of sp³-hybridized carbons (Fsp3) is 0.833. The molecule has 0 bridgehead atoms. The van der Waals surface area contributed by atoms with Gasteiger partial charge in [-0.2, -0.15) is 0 Å². The molecule has 0 saturated heterocycles. The van der Waals surface area contributed by atoms with Crippen molar-refractivity contribution < 1.29 is 0 Å². The Morgan fingerprint density at radius 1 is 1.44 bits per heavy atom. The average molecular weight is 224 g/mol. The van der Waals surface area contributed by atoms with Gasteiger partial charge in [-0.15, -0.1) is 10.2 Å². The smallest absolute Gasteiger partial charge is 0.134 e. The summed E-state index contributed by atoms with van der Waals surface area (Å²) in [5.74, 6) is 1.85. The lowest BCUT2D eigenvalue weighted by atomic mass is 10.1. The molecule has 16 heavy (non-hydrogen) atoms. The molecule has 1 heterocycles. The van der Waals surface area contributed by atoms with Crippen LogP contribution < -0.4 is 5.32 Å². The standard InChI is InChI=1S/C12H24N4/c1-4-6-11(3)9-13-8-7-12-15-14-10-16(12)5-2/h10-11,13H,4-9H2,1-3H3. The van der Waals surface area contributed by atoms with Crippen LogP contribution in [-0.4, -0.2) is 27.9 Å². The summed E-state index contributed by atoms with van der Waals surface area (Å²) in [6, 6.07) is 0. The van der Waals surface area contributed by atoms with Crippen molar-refractivity contribution in [3.63, 3.8) is 0 Å². The van der Waals surface area contributed by atoms with Gasteiger partial charge < -0.3 is 9.88 Å². The van der Waals surface area contributed by atoms with E-state index in [2.05, 4.69) is 40.9 Å². The van der Waals surface area contributed by atoms with Crippen molar-refractivity contribution in [2.45, 2.75) is 46.6 Å². The molecule has 0 aliphatic heterocycles. The van der Waals surface area contributed by atoms with Crippen LogP contribution in [0.5, 0.6) is 0 Å². The van der Waals surface area contributed by atoms with E-state index in [-0.39, 0.29) is 0 Å². The maximum absolute atomic E-state index is 4.11. The first-order valence-corrected chi connectivity index (χ1v) is 6.35. The summed E-state index contributed by atoms with van der Waals surface area (Å²) in [5, 5.41) is 11.5. The van der Waals surface area contributed by atoms with Crippen molar-refractivity contribution in [3.05, 3.63) is 12.2 Å². The van der Waals surface area contributed by atoms with E-state index < -0.39 is 0 Å². The molecular formula is C12H24N4. The Morgan fingerprint density at radius 2 is 2.25 bits per heavy atom.